The van der Waals surface area contributed by atoms with Crippen molar-refractivity contribution in [3.05, 3.63) is 255 Å². The predicted octanol–water partition coefficient (Wildman–Crippen LogP) is 15.6. The molecule has 11 aromatic carbocycles. The molecule has 0 aliphatic carbocycles. The van der Waals surface area contributed by atoms with Crippen molar-refractivity contribution >= 4 is 95.3 Å². The van der Waals surface area contributed by atoms with Crippen LogP contribution in [0.4, 0.5) is 34.1 Å². The van der Waals surface area contributed by atoms with Crippen LogP contribution in [0.1, 0.15) is 0 Å². The molecule has 13 aromatic rings. The first-order valence-corrected chi connectivity index (χ1v) is 24.3. The Morgan fingerprint density at radius 3 is 1.31 bits per heavy atom. The molecule has 2 aromatic heterocycles. The molecule has 3 nitrogen and oxygen atoms in total. The van der Waals surface area contributed by atoms with Crippen LogP contribution in [0.2, 0.25) is 0 Å². The zero-order valence-corrected chi connectivity index (χ0v) is 38.2. The van der Waals surface area contributed by atoms with Gasteiger partial charge in [0.05, 0.1) is 33.6 Å². The normalized spacial score (nSPS) is 12.8. The summed E-state index contributed by atoms with van der Waals surface area (Å²) in [5.74, 6) is 0. The zero-order valence-electron chi connectivity index (χ0n) is 38.2. The number of nitrogens with zero attached hydrogens (tertiary/aromatic N) is 3. The third kappa shape index (κ3) is 5.47. The van der Waals surface area contributed by atoms with E-state index in [0.717, 1.165) is 11.4 Å². The maximum Gasteiger partial charge on any atom is 0.252 e. The Morgan fingerprint density at radius 2 is 0.714 bits per heavy atom. The molecule has 0 spiro atoms. The molecule has 324 valence electrons. The van der Waals surface area contributed by atoms with Gasteiger partial charge in [-0.2, -0.15) is 0 Å². The molecule has 0 radical (unpaired) electrons. The number of para-hydroxylation sites is 5. The van der Waals surface area contributed by atoms with Crippen molar-refractivity contribution in [1.82, 2.24) is 4.40 Å². The van der Waals surface area contributed by atoms with Crippen LogP contribution in [0.5, 0.6) is 0 Å². The van der Waals surface area contributed by atoms with Crippen LogP contribution < -0.4 is 26.2 Å². The van der Waals surface area contributed by atoms with Gasteiger partial charge in [0.25, 0.3) is 6.71 Å². The van der Waals surface area contributed by atoms with E-state index in [1.165, 1.54) is 122 Å². The molecule has 0 saturated heterocycles. The summed E-state index contributed by atoms with van der Waals surface area (Å²) in [7, 11) is 0. The fourth-order valence-corrected chi connectivity index (χ4v) is 12.3. The fourth-order valence-electron chi connectivity index (χ4n) is 12.3. The van der Waals surface area contributed by atoms with E-state index in [0.29, 0.717) is 0 Å². The molecule has 15 rings (SSSR count). The molecule has 0 N–H and O–H groups in total. The number of fused-ring (bicyclic) bond motifs is 11. The molecule has 0 saturated carbocycles. The number of rotatable bonds is 6. The largest absolute Gasteiger partial charge is 0.310 e. The summed E-state index contributed by atoms with van der Waals surface area (Å²) < 4.78 is 2.53. The van der Waals surface area contributed by atoms with Gasteiger partial charge in [-0.1, -0.05) is 224 Å². The van der Waals surface area contributed by atoms with Crippen molar-refractivity contribution in [1.29, 1.82) is 0 Å². The first kappa shape index (κ1) is 38.9. The molecule has 0 bridgehead atoms. The highest BCUT2D eigenvalue weighted by molar-refractivity contribution is 7.00. The van der Waals surface area contributed by atoms with Crippen LogP contribution in [-0.2, 0) is 0 Å². The van der Waals surface area contributed by atoms with Crippen LogP contribution in [0.15, 0.2) is 255 Å². The van der Waals surface area contributed by atoms with E-state index in [4.69, 9.17) is 0 Å². The predicted molar refractivity (Wildman–Crippen MR) is 297 cm³/mol. The Morgan fingerprint density at radius 1 is 0.271 bits per heavy atom. The Bertz CT molecular complexity index is 4070. The molecular formula is C66H42BN3. The van der Waals surface area contributed by atoms with Crippen molar-refractivity contribution in [3.63, 3.8) is 0 Å². The van der Waals surface area contributed by atoms with Gasteiger partial charge in [-0.25, -0.2) is 0 Å². The molecule has 2 aliphatic heterocycles. The van der Waals surface area contributed by atoms with Crippen molar-refractivity contribution in [2.24, 2.45) is 0 Å². The second-order valence-electron chi connectivity index (χ2n) is 18.7. The number of hydrogen-bond donors (Lipinski definition) is 0. The molecule has 0 atom stereocenters. The van der Waals surface area contributed by atoms with Gasteiger partial charge in [0.1, 0.15) is 0 Å². The van der Waals surface area contributed by atoms with Gasteiger partial charge < -0.3 is 14.2 Å². The third-order valence-corrected chi connectivity index (χ3v) is 15.1. The highest BCUT2D eigenvalue weighted by Gasteiger charge is 2.45. The minimum atomic E-state index is -0.0702. The van der Waals surface area contributed by atoms with E-state index in [1.807, 2.05) is 0 Å². The lowest BCUT2D eigenvalue weighted by atomic mass is 9.33. The maximum absolute atomic E-state index is 2.68. The molecule has 0 fully saturated rings. The van der Waals surface area contributed by atoms with E-state index < -0.39 is 0 Å². The second kappa shape index (κ2) is 15.2. The van der Waals surface area contributed by atoms with Crippen molar-refractivity contribution in [2.75, 3.05) is 9.80 Å². The Labute approximate surface area is 406 Å². The number of hydrogen-bond acceptors (Lipinski definition) is 2. The van der Waals surface area contributed by atoms with Gasteiger partial charge in [-0.05, 0) is 69.0 Å². The van der Waals surface area contributed by atoms with Crippen LogP contribution in [0.25, 0.3) is 82.6 Å². The number of aromatic nitrogens is 1. The molecule has 70 heavy (non-hydrogen) atoms. The molecule has 4 heterocycles. The lowest BCUT2D eigenvalue weighted by molar-refractivity contribution is 1.26. The summed E-state index contributed by atoms with van der Waals surface area (Å²) in [4.78, 5) is 5.26. The van der Waals surface area contributed by atoms with Crippen LogP contribution in [0, 0.1) is 0 Å². The first-order chi connectivity index (χ1) is 34.8. The average molecular weight is 888 g/mol. The topological polar surface area (TPSA) is 10.9 Å². The van der Waals surface area contributed by atoms with E-state index in [-0.39, 0.29) is 6.71 Å². The average Bonchev–Trinajstić information content (AvgIpc) is 3.97. The monoisotopic (exact) mass is 887 g/mol. The Kier molecular flexibility index (Phi) is 8.45. The molecular weight excluding hydrogens is 846 g/mol. The van der Waals surface area contributed by atoms with E-state index in [1.54, 1.807) is 0 Å². The summed E-state index contributed by atoms with van der Waals surface area (Å²) >= 11 is 0. The Balaban J connectivity index is 1.12. The molecule has 2 aliphatic rings. The standard InChI is InChI=1S/C66H42BN3/c1-5-21-43(22-6-1)47-30-17-31-48(44-23-7-2-8-24-44)63(47)69-57-38-16-14-36-54(57)67-55-41-42-58-61(53-35-19-34-52-51-29-13-15-37-56(51)68(58)65(52)53)66(55)70(60-40-20-39-59(69)62(60)67)64-49(45-25-9-3-10-26-45)32-18-33-50(64)46-27-11-4-12-28-46/h1-42H. The summed E-state index contributed by atoms with van der Waals surface area (Å²) in [6.45, 7) is -0.0702. The van der Waals surface area contributed by atoms with E-state index in [9.17, 15) is 0 Å². The summed E-state index contributed by atoms with van der Waals surface area (Å²) in [5.41, 5.74) is 24.1. The van der Waals surface area contributed by atoms with Gasteiger partial charge in [0.2, 0.25) is 0 Å². The van der Waals surface area contributed by atoms with Crippen LogP contribution in [0.3, 0.4) is 0 Å². The number of benzene rings is 11. The third-order valence-electron chi connectivity index (χ3n) is 15.1. The lowest BCUT2D eigenvalue weighted by Gasteiger charge is -2.45. The van der Waals surface area contributed by atoms with Crippen molar-refractivity contribution < 1.29 is 0 Å². The summed E-state index contributed by atoms with van der Waals surface area (Å²) in [5, 5.41) is 5.09. The molecule has 4 heteroatoms. The minimum absolute atomic E-state index is 0.0702. The summed E-state index contributed by atoms with van der Waals surface area (Å²) in [6.07, 6.45) is 0. The van der Waals surface area contributed by atoms with Gasteiger partial charge in [-0.3, -0.25) is 0 Å². The zero-order chi connectivity index (χ0) is 45.9. The van der Waals surface area contributed by atoms with Gasteiger partial charge in [0, 0.05) is 60.9 Å². The SMILES string of the molecule is c1ccc(-c2cccc(-c3ccccc3)c2N2c3ccccc3B3c4ccc5c(c4N(c4c(-c6ccccc6)cccc4-c4ccccc4)c4cccc2c43)c2cccc3c4ccccc4n5c32)cc1. The summed E-state index contributed by atoms with van der Waals surface area (Å²) in [6, 6.07) is 94.4. The van der Waals surface area contributed by atoms with Gasteiger partial charge in [0.15, 0.2) is 0 Å². The number of anilines is 6. The molecule has 0 unspecified atom stereocenters. The quantitative estimate of drug-likeness (QED) is 0.154. The maximum atomic E-state index is 2.68. The van der Waals surface area contributed by atoms with Gasteiger partial charge >= 0.3 is 0 Å². The van der Waals surface area contributed by atoms with E-state index >= 15 is 0 Å². The van der Waals surface area contributed by atoms with Crippen molar-refractivity contribution in [3.8, 4) is 44.5 Å². The second-order valence-corrected chi connectivity index (χ2v) is 18.7. The fraction of sp³-hybridized carbons (Fsp3) is 0. The van der Waals surface area contributed by atoms with Crippen molar-refractivity contribution in [2.45, 2.75) is 0 Å². The molecule has 0 amide bonds. The van der Waals surface area contributed by atoms with Crippen LogP contribution >= 0.6 is 0 Å². The smallest absolute Gasteiger partial charge is 0.252 e. The lowest BCUT2D eigenvalue weighted by Crippen LogP contribution is -2.61. The van der Waals surface area contributed by atoms with Gasteiger partial charge in [-0.15, -0.1) is 0 Å². The first-order valence-electron chi connectivity index (χ1n) is 24.3. The minimum Gasteiger partial charge on any atom is -0.310 e. The van der Waals surface area contributed by atoms with Crippen LogP contribution in [-0.4, -0.2) is 11.1 Å². The highest BCUT2D eigenvalue weighted by atomic mass is 15.2. The van der Waals surface area contributed by atoms with E-state index in [2.05, 4.69) is 269 Å². The Hall–Kier alpha value is -9.12. The highest BCUT2D eigenvalue weighted by Crippen LogP contribution is 2.54.